The van der Waals surface area contributed by atoms with Crippen LogP contribution in [0.1, 0.15) is 68.9 Å². The molecule has 10 rings (SSSR count). The second kappa shape index (κ2) is 12.4. The Bertz CT molecular complexity index is 2550. The van der Waals surface area contributed by atoms with Crippen LogP contribution in [0.15, 0.2) is 72.3 Å². The lowest BCUT2D eigenvalue weighted by Crippen LogP contribution is -2.49. The highest BCUT2D eigenvalue weighted by Crippen LogP contribution is 2.65. The molecule has 3 aromatic carbocycles. The van der Waals surface area contributed by atoms with Crippen LogP contribution >= 0.6 is 22.9 Å². The zero-order valence-electron chi connectivity index (χ0n) is 30.9. The summed E-state index contributed by atoms with van der Waals surface area (Å²) in [5, 5.41) is 20.0. The smallest absolute Gasteiger partial charge is 0.242 e. The molecule has 0 unspecified atom stereocenters. The minimum absolute atomic E-state index is 0.0341. The molecule has 5 aliphatic rings. The van der Waals surface area contributed by atoms with Gasteiger partial charge in [-0.3, -0.25) is 28.8 Å². The van der Waals surface area contributed by atoms with Gasteiger partial charge in [0.1, 0.15) is 17.3 Å². The first-order valence-corrected chi connectivity index (χ1v) is 20.6. The number of rotatable bonds is 4. The van der Waals surface area contributed by atoms with E-state index < -0.39 is 35.0 Å². The zero-order chi connectivity index (χ0) is 38.1. The molecule has 0 spiro atoms. The highest BCUT2D eigenvalue weighted by molar-refractivity contribution is 7.22. The van der Waals surface area contributed by atoms with Crippen LogP contribution < -0.4 is 4.90 Å². The van der Waals surface area contributed by atoms with Crippen LogP contribution in [0, 0.1) is 36.0 Å². The lowest BCUT2D eigenvalue weighted by atomic mass is 9.51. The maximum absolute atomic E-state index is 15.3. The van der Waals surface area contributed by atoms with Crippen molar-refractivity contribution in [2.24, 2.45) is 36.1 Å². The van der Waals surface area contributed by atoms with Crippen molar-refractivity contribution >= 4 is 73.2 Å². The van der Waals surface area contributed by atoms with Crippen molar-refractivity contribution in [3.63, 3.8) is 0 Å². The number of carbonyl (C=O) groups excluding carboxylic acids is 4. The fraction of sp³-hybridized carbons (Fsp3) is 0.386. The van der Waals surface area contributed by atoms with Crippen molar-refractivity contribution < 1.29 is 24.3 Å². The van der Waals surface area contributed by atoms with Gasteiger partial charge < -0.3 is 5.11 Å². The standard InChI is InChI=1S/C44H41ClN4O5S/c1-22-29-19-24(45)14-18-34(29)55-39(22)32-21-35(47(3)46-32)49-41(52)31-20-30-27(15-16-28-36(30)42(53)48(40(28)51)25-10-5-4-6-11-25)38(44(31,2)43(49)54)37-26-12-8-7-9-23(26)13-17-33(37)50/h7-9,12-15,17-19,21,25,28,30-31,36,38,50H,4-6,10-11,16,20H2,1-3H3/t28-,30+,31-,36-,38+,44+/m0/s1. The lowest BCUT2D eigenvalue weighted by Gasteiger charge is -2.49. The number of thiophene rings is 1. The van der Waals surface area contributed by atoms with Crippen molar-refractivity contribution in [2.75, 3.05) is 4.90 Å². The number of halogens is 1. The van der Waals surface area contributed by atoms with E-state index in [1.165, 1.54) is 4.90 Å². The summed E-state index contributed by atoms with van der Waals surface area (Å²) in [7, 11) is 1.74. The maximum Gasteiger partial charge on any atom is 0.242 e. The first-order valence-electron chi connectivity index (χ1n) is 19.4. The van der Waals surface area contributed by atoms with E-state index in [4.69, 9.17) is 16.7 Å². The van der Waals surface area contributed by atoms with Crippen LogP contribution in [0.2, 0.25) is 5.02 Å². The SMILES string of the molecule is Cc1c(-c2cc(N3C(=O)[C@@H]4C[C@@H]5C(=CC[C@@H]6C(=O)N(C7CCCCC7)C(=O)[C@@H]65)[C@H](c5c(O)ccc6ccccc56)[C@]4(C)C3=O)n(C)n2)sc2ccc(Cl)cc12. The molecule has 9 nitrogen and oxygen atoms in total. The fourth-order valence-corrected chi connectivity index (χ4v) is 12.4. The molecule has 280 valence electrons. The van der Waals surface area contributed by atoms with Crippen molar-refractivity contribution in [3.05, 3.63) is 88.5 Å². The Kier molecular flexibility index (Phi) is 7.79. The fourth-order valence-electron chi connectivity index (χ4n) is 11.1. The van der Waals surface area contributed by atoms with Crippen molar-refractivity contribution in [1.29, 1.82) is 0 Å². The van der Waals surface area contributed by atoms with E-state index in [-0.39, 0.29) is 41.8 Å². The van der Waals surface area contributed by atoms with Crippen LogP contribution in [-0.4, -0.2) is 49.5 Å². The number of fused-ring (bicyclic) bond motifs is 6. The number of aromatic hydroxyl groups is 1. The minimum Gasteiger partial charge on any atom is -0.508 e. The number of benzene rings is 3. The lowest BCUT2D eigenvalue weighted by molar-refractivity contribution is -0.144. The number of nitrogens with zero attached hydrogens (tertiary/aromatic N) is 4. The second-order valence-electron chi connectivity index (χ2n) is 16.4. The van der Waals surface area contributed by atoms with Gasteiger partial charge in [0.25, 0.3) is 0 Å². The summed E-state index contributed by atoms with van der Waals surface area (Å²) < 4.78 is 2.65. The second-order valence-corrected chi connectivity index (χ2v) is 17.9. The Balaban J connectivity index is 1.12. The molecule has 2 aliphatic heterocycles. The molecule has 2 saturated heterocycles. The van der Waals surface area contributed by atoms with Crippen LogP contribution in [0.4, 0.5) is 5.82 Å². The molecule has 6 atom stereocenters. The number of phenols is 1. The highest BCUT2D eigenvalue weighted by atomic mass is 35.5. The summed E-state index contributed by atoms with van der Waals surface area (Å²) in [6, 6.07) is 18.8. The van der Waals surface area contributed by atoms with E-state index in [2.05, 4.69) is 6.08 Å². The van der Waals surface area contributed by atoms with Gasteiger partial charge >= 0.3 is 0 Å². The third-order valence-corrected chi connectivity index (χ3v) is 15.2. The van der Waals surface area contributed by atoms with Gasteiger partial charge in [-0.15, -0.1) is 11.3 Å². The number of hydrogen-bond acceptors (Lipinski definition) is 7. The molecular formula is C44H41ClN4O5S. The average molecular weight is 773 g/mol. The first kappa shape index (κ1) is 34.7. The Morgan fingerprint density at radius 1 is 0.909 bits per heavy atom. The molecule has 2 aromatic heterocycles. The molecule has 3 aliphatic carbocycles. The number of anilines is 1. The third-order valence-electron chi connectivity index (χ3n) is 13.7. The molecular weight excluding hydrogens is 732 g/mol. The number of phenolic OH excluding ortho intramolecular Hbond substituents is 1. The average Bonchev–Trinajstić information content (AvgIpc) is 3.85. The molecule has 0 radical (unpaired) electrons. The van der Waals surface area contributed by atoms with Gasteiger partial charge in [-0.1, -0.05) is 72.8 Å². The first-order chi connectivity index (χ1) is 26.5. The molecule has 4 amide bonds. The Labute approximate surface area is 327 Å². The van der Waals surface area contributed by atoms with E-state index in [1.54, 1.807) is 34.0 Å². The summed E-state index contributed by atoms with van der Waals surface area (Å²) in [5.41, 5.74) is 1.80. The van der Waals surface area contributed by atoms with Gasteiger partial charge in [-0.25, -0.2) is 4.90 Å². The Morgan fingerprint density at radius 3 is 2.49 bits per heavy atom. The maximum atomic E-state index is 15.3. The summed E-state index contributed by atoms with van der Waals surface area (Å²) in [5.74, 6) is -3.69. The number of imide groups is 2. The molecule has 2 saturated carbocycles. The predicted molar refractivity (Wildman–Crippen MR) is 213 cm³/mol. The Morgan fingerprint density at radius 2 is 1.69 bits per heavy atom. The van der Waals surface area contributed by atoms with Gasteiger partial charge in [0.15, 0.2) is 0 Å². The number of amides is 4. The van der Waals surface area contributed by atoms with E-state index >= 15 is 9.59 Å². The van der Waals surface area contributed by atoms with Crippen LogP contribution in [0.3, 0.4) is 0 Å². The van der Waals surface area contributed by atoms with Crippen LogP contribution in [-0.2, 0) is 26.2 Å². The number of hydrogen-bond donors (Lipinski definition) is 1. The molecule has 55 heavy (non-hydrogen) atoms. The predicted octanol–water partition coefficient (Wildman–Crippen LogP) is 8.69. The van der Waals surface area contributed by atoms with Crippen molar-refractivity contribution in [3.8, 4) is 16.3 Å². The van der Waals surface area contributed by atoms with Crippen LogP contribution in [0.25, 0.3) is 31.4 Å². The highest BCUT2D eigenvalue weighted by Gasteiger charge is 2.68. The van der Waals surface area contributed by atoms with E-state index in [0.29, 0.717) is 28.5 Å². The number of allylic oxidation sites excluding steroid dienone is 2. The summed E-state index contributed by atoms with van der Waals surface area (Å²) in [6.07, 6.45) is 7.42. The van der Waals surface area contributed by atoms with Crippen molar-refractivity contribution in [1.82, 2.24) is 14.7 Å². The van der Waals surface area contributed by atoms with Gasteiger partial charge in [0.05, 0.1) is 28.0 Å². The van der Waals surface area contributed by atoms with Gasteiger partial charge in [-0.05, 0) is 91.4 Å². The van der Waals surface area contributed by atoms with E-state index in [0.717, 1.165) is 69.0 Å². The number of carbonyl (C=O) groups is 4. The zero-order valence-corrected chi connectivity index (χ0v) is 32.5. The molecule has 1 N–H and O–H groups in total. The summed E-state index contributed by atoms with van der Waals surface area (Å²) in [4.78, 5) is 62.8. The van der Waals surface area contributed by atoms with E-state index in [1.807, 2.05) is 68.4 Å². The number of aryl methyl sites for hydroxylation is 2. The Hall–Kier alpha value is -4.80. The van der Waals surface area contributed by atoms with Gasteiger partial charge in [0, 0.05) is 40.4 Å². The molecule has 4 heterocycles. The molecule has 4 fully saturated rings. The molecule has 11 heteroatoms. The summed E-state index contributed by atoms with van der Waals surface area (Å²) in [6.45, 7) is 3.88. The van der Waals surface area contributed by atoms with Gasteiger partial charge in [0.2, 0.25) is 23.6 Å². The monoisotopic (exact) mass is 772 g/mol. The topological polar surface area (TPSA) is 113 Å². The molecule has 0 bridgehead atoms. The molecule has 5 aromatic rings. The minimum atomic E-state index is -1.31. The number of aromatic nitrogens is 2. The third kappa shape index (κ3) is 4.79. The van der Waals surface area contributed by atoms with Crippen molar-refractivity contribution in [2.45, 2.75) is 70.8 Å². The largest absolute Gasteiger partial charge is 0.508 e. The normalized spacial score (nSPS) is 28.3. The number of likely N-dealkylation sites (tertiary alicyclic amines) is 1. The van der Waals surface area contributed by atoms with Crippen LogP contribution in [0.5, 0.6) is 5.75 Å². The summed E-state index contributed by atoms with van der Waals surface area (Å²) >= 11 is 7.93. The van der Waals surface area contributed by atoms with E-state index in [9.17, 15) is 14.7 Å². The quantitative estimate of drug-likeness (QED) is 0.145. The van der Waals surface area contributed by atoms with Gasteiger partial charge in [-0.2, -0.15) is 5.10 Å².